The molecule has 0 saturated carbocycles. The first-order valence-electron chi connectivity index (χ1n) is 1.06. The van der Waals surface area contributed by atoms with Crippen LogP contribution in [0.3, 0.4) is 0 Å². The Labute approximate surface area is 60.1 Å². The first-order chi connectivity index (χ1) is 2.77. The third-order valence-corrected chi connectivity index (χ3v) is 0.392. The highest BCUT2D eigenvalue weighted by molar-refractivity contribution is 7.32. The predicted molar refractivity (Wildman–Crippen MR) is 36.4 cm³/mol. The Hall–Kier alpha value is -0.0475. The summed E-state index contributed by atoms with van der Waals surface area (Å²) in [6.07, 6.45) is 5.95. The minimum absolute atomic E-state index is 0. The first-order valence-corrected chi connectivity index (χ1v) is 2.19. The third kappa shape index (κ3) is 16.7. The lowest BCUT2D eigenvalue weighted by Gasteiger charge is -1.58. The minimum atomic E-state index is -2.59. The molecule has 0 fully saturated rings. The fourth-order valence-electron chi connectivity index (χ4n) is 0.0451. The summed E-state index contributed by atoms with van der Waals surface area (Å²) in [5, 5.41) is 0. The molecule has 0 amide bonds. The minimum Gasteiger partial charge on any atom is -0.173 e. The summed E-state index contributed by atoms with van der Waals surface area (Å²) in [6.45, 7) is 0. The maximum atomic E-state index is 9.38. The summed E-state index contributed by atoms with van der Waals surface area (Å²) >= 11 is 0. The zero-order valence-corrected chi connectivity index (χ0v) is 3.68. The summed E-state index contributed by atoms with van der Waals surface area (Å²) in [4.78, 5) is 7.70. The smallest absolute Gasteiger partial charge is 0.173 e. The highest BCUT2D eigenvalue weighted by atomic mass is 31.1. The van der Waals surface area contributed by atoms with Gasteiger partial charge < -0.3 is 0 Å². The van der Waals surface area contributed by atoms with Crippen molar-refractivity contribution in [1.82, 2.24) is 0 Å². The highest BCUT2D eigenvalue weighted by Crippen LogP contribution is 2.11. The molecule has 5 heteroatoms. The molecule has 0 rings (SSSR count). The van der Waals surface area contributed by atoms with Crippen molar-refractivity contribution in [2.24, 2.45) is 0 Å². The molecule has 1 atom stereocenters. The summed E-state index contributed by atoms with van der Waals surface area (Å²) in [5.41, 5.74) is 0. The number of hydrogen-bond donors (Lipinski definition) is 1. The van der Waals surface area contributed by atoms with Gasteiger partial charge in [0.2, 0.25) is 0 Å². The Morgan fingerprint density at radius 1 is 1.75 bits per heavy atom. The van der Waals surface area contributed by atoms with Crippen LogP contribution in [0.15, 0.2) is 0 Å². The van der Waals surface area contributed by atoms with E-state index in [9.17, 15) is 4.57 Å². The van der Waals surface area contributed by atoms with Gasteiger partial charge in [-0.2, -0.15) is 4.52 Å². The number of hydrogen-bond acceptors (Lipinski definition) is 2. The lowest BCUT2D eigenvalue weighted by molar-refractivity contribution is 0.394. The Kier molecular flexibility index (Phi) is 19.7. The monoisotopic (exact) mass is 151 g/mol. The predicted octanol–water partition coefficient (Wildman–Crippen LogP) is -0.304. The summed E-state index contributed by atoms with van der Waals surface area (Å²) in [7, 11) is -2.59. The largest absolute Gasteiger partial charge is 0.756 e. The zero-order chi connectivity index (χ0) is 4.99. The van der Waals surface area contributed by atoms with Gasteiger partial charge in [0, 0.05) is 4.57 Å². The van der Waals surface area contributed by atoms with Gasteiger partial charge in [0.1, 0.15) is 0 Å². The first kappa shape index (κ1) is 15.7. The van der Waals surface area contributed by atoms with Gasteiger partial charge in [0.15, 0.2) is 23.5 Å². The quantitative estimate of drug-likeness (QED) is 0.318. The molecule has 0 bridgehead atoms. The van der Waals surface area contributed by atoms with E-state index in [0.29, 0.717) is 0 Å². The van der Waals surface area contributed by atoms with Crippen molar-refractivity contribution in [3.05, 3.63) is 0 Å². The molecular weight excluding hydrogens is 142 g/mol. The Balaban J connectivity index is -0.000000125. The molecule has 0 radical (unpaired) electrons. The molecule has 0 saturated heterocycles. The average molecular weight is 151 g/mol. The molecule has 1 N–H and O–H groups in total. The van der Waals surface area contributed by atoms with E-state index in [1.165, 1.54) is 6.11 Å². The van der Waals surface area contributed by atoms with Crippen LogP contribution >= 0.6 is 8.25 Å². The van der Waals surface area contributed by atoms with Gasteiger partial charge in [-0.3, -0.25) is 0 Å². The van der Waals surface area contributed by atoms with E-state index in [-0.39, 0.29) is 24.8 Å². The van der Waals surface area contributed by atoms with E-state index in [2.05, 4.69) is 10.9 Å². The van der Waals surface area contributed by atoms with Crippen LogP contribution in [0.25, 0.3) is 0 Å². The SMILES string of the molecule is C.C#CO[P+](=O)O.[AlH3]. The summed E-state index contributed by atoms with van der Waals surface area (Å²) in [5.74, 6) is 0. The van der Waals surface area contributed by atoms with E-state index in [1.54, 1.807) is 0 Å². The van der Waals surface area contributed by atoms with Gasteiger partial charge in [0.25, 0.3) is 0 Å². The normalized spacial score (nSPS) is 6.75. The van der Waals surface area contributed by atoms with Crippen LogP contribution < -0.4 is 0 Å². The molecule has 0 heterocycles. The van der Waals surface area contributed by atoms with Crippen LogP contribution in [0.4, 0.5) is 0 Å². The second kappa shape index (κ2) is 10.0. The van der Waals surface area contributed by atoms with Crippen LogP contribution in [-0.2, 0) is 9.09 Å². The molecule has 0 aromatic heterocycles. The van der Waals surface area contributed by atoms with Crippen molar-refractivity contribution in [3.63, 3.8) is 0 Å². The van der Waals surface area contributed by atoms with Crippen LogP contribution in [0, 0.1) is 12.5 Å². The average Bonchev–Trinajstić information content (AvgIpc) is 1.35. The molecule has 3 nitrogen and oxygen atoms in total. The van der Waals surface area contributed by atoms with Crippen molar-refractivity contribution >= 4 is 25.6 Å². The Morgan fingerprint density at radius 2 is 2.12 bits per heavy atom. The molecule has 0 aromatic rings. The zero-order valence-electron chi connectivity index (χ0n) is 2.79. The second-order valence-corrected chi connectivity index (χ2v) is 1.11. The van der Waals surface area contributed by atoms with Gasteiger partial charge in [-0.25, -0.2) is 0 Å². The van der Waals surface area contributed by atoms with Crippen LogP contribution in [0.2, 0.25) is 0 Å². The van der Waals surface area contributed by atoms with Crippen molar-refractivity contribution < 1.29 is 14.0 Å². The van der Waals surface area contributed by atoms with Crippen LogP contribution in [0.1, 0.15) is 7.43 Å². The highest BCUT2D eigenvalue weighted by Gasteiger charge is 2.06. The topological polar surface area (TPSA) is 46.5 Å². The molecule has 0 aliphatic heterocycles. The van der Waals surface area contributed by atoms with Gasteiger partial charge in [-0.05, 0) is 0 Å². The molecule has 1 unspecified atom stereocenters. The van der Waals surface area contributed by atoms with E-state index in [0.717, 1.165) is 0 Å². The van der Waals surface area contributed by atoms with Gasteiger partial charge in [0.05, 0.1) is 0 Å². The summed E-state index contributed by atoms with van der Waals surface area (Å²) in [6, 6.07) is 0. The van der Waals surface area contributed by atoms with E-state index in [1.807, 2.05) is 0 Å². The van der Waals surface area contributed by atoms with Crippen molar-refractivity contribution in [1.29, 1.82) is 0 Å². The Morgan fingerprint density at radius 3 is 2.12 bits per heavy atom. The fraction of sp³-hybridized carbons (Fsp3) is 0.333. The number of terminal acetylenes is 1. The van der Waals surface area contributed by atoms with Crippen molar-refractivity contribution in [3.8, 4) is 12.5 Å². The summed E-state index contributed by atoms with van der Waals surface area (Å²) < 4.78 is 13.0. The standard InChI is InChI=1S/C2HO3P.CH4.Al.3H/c1-2-5-6(3)4;;;;;/h1H;1H4;;;;/p+1. The second-order valence-electron chi connectivity index (χ2n) is 0.447. The van der Waals surface area contributed by atoms with Crippen LogP contribution in [0.5, 0.6) is 0 Å². The van der Waals surface area contributed by atoms with E-state index in [4.69, 9.17) is 4.89 Å². The van der Waals surface area contributed by atoms with Gasteiger partial charge in [-0.1, -0.05) is 13.9 Å². The Bertz CT molecular complexity index is 97.2. The van der Waals surface area contributed by atoms with Gasteiger partial charge in [-0.15, -0.1) is 4.89 Å². The molecule has 0 aliphatic rings. The maximum absolute atomic E-state index is 9.38. The van der Waals surface area contributed by atoms with Crippen LogP contribution in [-0.4, -0.2) is 22.3 Å². The van der Waals surface area contributed by atoms with E-state index >= 15 is 0 Å². The molecule has 0 aromatic carbocycles. The fourth-order valence-corrected chi connectivity index (χ4v) is 0.135. The molecule has 46 valence electrons. The maximum Gasteiger partial charge on any atom is 0.756 e. The molecule has 0 spiro atoms. The van der Waals surface area contributed by atoms with Crippen molar-refractivity contribution in [2.75, 3.05) is 0 Å². The van der Waals surface area contributed by atoms with Gasteiger partial charge >= 0.3 is 8.25 Å². The third-order valence-electron chi connectivity index (χ3n) is 0.131. The van der Waals surface area contributed by atoms with E-state index < -0.39 is 8.25 Å². The molecule has 0 aliphatic carbocycles. The van der Waals surface area contributed by atoms with Crippen molar-refractivity contribution in [2.45, 2.75) is 7.43 Å². The molecule has 8 heavy (non-hydrogen) atoms. The lowest BCUT2D eigenvalue weighted by Crippen LogP contribution is -1.57. The lowest BCUT2D eigenvalue weighted by atomic mass is 11.3. The molecular formula is C3H9AlO3P+. The number of rotatable bonds is 1.